The molecule has 0 unspecified atom stereocenters. The number of ether oxygens (including phenoxy) is 1. The van der Waals surface area contributed by atoms with E-state index in [0.29, 0.717) is 5.92 Å². The molecule has 3 nitrogen and oxygen atoms in total. The first-order valence-electron chi connectivity index (χ1n) is 3.78. The van der Waals surface area contributed by atoms with Crippen LogP contribution in [0.4, 0.5) is 0 Å². The molecule has 1 amide bonds. The molecule has 0 aromatic rings. The van der Waals surface area contributed by atoms with Crippen LogP contribution in [-0.4, -0.2) is 16.5 Å². The van der Waals surface area contributed by atoms with E-state index in [1.165, 1.54) is 19.4 Å². The summed E-state index contributed by atoms with van der Waals surface area (Å²) in [5, 5.41) is 2.76. The molecular formula is C8H11NO2W. The Morgan fingerprint density at radius 2 is 2.33 bits per heavy atom. The number of hydrogen-bond acceptors (Lipinski definition) is 2. The average Bonchev–Trinajstić information content (AvgIpc) is 1.94. The van der Waals surface area contributed by atoms with Gasteiger partial charge in [-0.25, -0.2) is 0 Å². The molecule has 12 heavy (non-hydrogen) atoms. The van der Waals surface area contributed by atoms with Crippen LogP contribution in [0.5, 0.6) is 0 Å². The Labute approximate surface area is 82.6 Å². The summed E-state index contributed by atoms with van der Waals surface area (Å²) in [6.45, 7) is 4.31. The zero-order valence-electron chi connectivity index (χ0n) is 7.09. The van der Waals surface area contributed by atoms with Crippen LogP contribution < -0.4 is 5.32 Å². The van der Waals surface area contributed by atoms with Gasteiger partial charge in [0.15, 0.2) is 0 Å². The summed E-state index contributed by atoms with van der Waals surface area (Å²) in [5.41, 5.74) is 0. The summed E-state index contributed by atoms with van der Waals surface area (Å²) in [4.78, 5) is 10.8. The number of allylic oxidation sites excluding steroid dienone is 1. The second-order valence-electron chi connectivity index (χ2n) is 2.94. The van der Waals surface area contributed by atoms with Crippen molar-refractivity contribution in [1.29, 1.82) is 0 Å². The van der Waals surface area contributed by atoms with Crippen molar-refractivity contribution in [3.63, 3.8) is 0 Å². The van der Waals surface area contributed by atoms with E-state index in [1.807, 2.05) is 6.08 Å². The van der Waals surface area contributed by atoms with Gasteiger partial charge >= 0.3 is 82.3 Å². The molecule has 0 bridgehead atoms. The molecule has 0 aromatic carbocycles. The van der Waals surface area contributed by atoms with Gasteiger partial charge in [0, 0.05) is 0 Å². The van der Waals surface area contributed by atoms with Crippen LogP contribution in [0, 0.1) is 5.92 Å². The SMILES string of the molecule is CC(C)C=C1OCC(=O)N[C]1=[W]. The van der Waals surface area contributed by atoms with E-state index in [0.717, 1.165) is 9.78 Å². The van der Waals surface area contributed by atoms with E-state index in [1.54, 1.807) is 0 Å². The number of amides is 1. The van der Waals surface area contributed by atoms with E-state index in [9.17, 15) is 4.79 Å². The van der Waals surface area contributed by atoms with Gasteiger partial charge in [0.2, 0.25) is 0 Å². The standard InChI is InChI=1S/C8H11NO2.W/c1-6(2)3-7-4-9-8(10)5-11-7;/h3,6H,5H2,1-2H3,(H,9,10);. The fourth-order valence-corrected chi connectivity index (χ4v) is 1.72. The van der Waals surface area contributed by atoms with Crippen LogP contribution in [0.2, 0.25) is 0 Å². The molecule has 0 saturated carbocycles. The van der Waals surface area contributed by atoms with Crippen molar-refractivity contribution >= 4 is 9.93 Å². The normalized spacial score (nSPS) is 21.1. The number of nitrogens with one attached hydrogen (secondary N) is 1. The number of carbonyl (C=O) groups is 1. The number of carbonyl (C=O) groups excluding carboxylic acids is 1. The van der Waals surface area contributed by atoms with Gasteiger partial charge < -0.3 is 0 Å². The Morgan fingerprint density at radius 1 is 1.67 bits per heavy atom. The fourth-order valence-electron chi connectivity index (χ4n) is 0.860. The van der Waals surface area contributed by atoms with Crippen molar-refractivity contribution in [2.45, 2.75) is 13.8 Å². The Kier molecular flexibility index (Phi) is 3.21. The van der Waals surface area contributed by atoms with Crippen LogP contribution in [0.3, 0.4) is 0 Å². The van der Waals surface area contributed by atoms with Gasteiger partial charge in [0.05, 0.1) is 0 Å². The predicted molar refractivity (Wildman–Crippen MR) is 42.0 cm³/mol. The van der Waals surface area contributed by atoms with Crippen molar-refractivity contribution in [1.82, 2.24) is 5.32 Å². The Balaban J connectivity index is 2.68. The first kappa shape index (κ1) is 9.65. The average molecular weight is 337 g/mol. The third-order valence-corrected chi connectivity index (χ3v) is 2.41. The first-order chi connectivity index (χ1) is 5.59. The fraction of sp³-hybridized carbons (Fsp3) is 0.500. The first-order valence-corrected chi connectivity index (χ1v) is 5.25. The quantitative estimate of drug-likeness (QED) is 0.750. The minimum absolute atomic E-state index is 0.0547. The molecule has 0 aromatic heterocycles. The van der Waals surface area contributed by atoms with Gasteiger partial charge in [-0.15, -0.1) is 0 Å². The Hall–Kier alpha value is -0.432. The van der Waals surface area contributed by atoms with Gasteiger partial charge in [-0.05, 0) is 0 Å². The van der Waals surface area contributed by atoms with Crippen molar-refractivity contribution in [2.24, 2.45) is 5.92 Å². The molecule has 1 saturated heterocycles. The number of rotatable bonds is 1. The van der Waals surface area contributed by atoms with Crippen LogP contribution in [0.15, 0.2) is 11.8 Å². The molecule has 1 rings (SSSR count). The molecule has 0 radical (unpaired) electrons. The van der Waals surface area contributed by atoms with E-state index in [4.69, 9.17) is 4.74 Å². The zero-order valence-corrected chi connectivity index (χ0v) is 10.0. The molecule has 1 aliphatic heterocycles. The summed E-state index contributed by atoms with van der Waals surface area (Å²) >= 11 is 1.23. The van der Waals surface area contributed by atoms with Crippen LogP contribution >= 0.6 is 0 Å². The van der Waals surface area contributed by atoms with E-state index < -0.39 is 0 Å². The molecule has 0 atom stereocenters. The van der Waals surface area contributed by atoms with Crippen molar-refractivity contribution in [3.05, 3.63) is 11.8 Å². The van der Waals surface area contributed by atoms with Crippen molar-refractivity contribution in [3.8, 4) is 0 Å². The van der Waals surface area contributed by atoms with Crippen LogP contribution in [-0.2, 0) is 28.9 Å². The summed E-state index contributed by atoms with van der Waals surface area (Å²) in [7, 11) is 0. The third-order valence-electron chi connectivity index (χ3n) is 1.32. The molecule has 1 fully saturated rings. The van der Waals surface area contributed by atoms with Crippen molar-refractivity contribution in [2.75, 3.05) is 6.61 Å². The van der Waals surface area contributed by atoms with Crippen LogP contribution in [0.1, 0.15) is 13.8 Å². The molecular weight excluding hydrogens is 326 g/mol. The predicted octanol–water partition coefficient (Wildman–Crippen LogP) is 0.349. The molecule has 0 aliphatic carbocycles. The maximum atomic E-state index is 10.8. The molecule has 1 N–H and O–H groups in total. The van der Waals surface area contributed by atoms with Gasteiger partial charge in [-0.1, -0.05) is 0 Å². The summed E-state index contributed by atoms with van der Waals surface area (Å²) in [5.74, 6) is 1.23. The molecule has 1 aliphatic rings. The van der Waals surface area contributed by atoms with Gasteiger partial charge in [-0.2, -0.15) is 0 Å². The number of hydrogen-bond donors (Lipinski definition) is 1. The van der Waals surface area contributed by atoms with Gasteiger partial charge in [-0.3, -0.25) is 0 Å². The van der Waals surface area contributed by atoms with E-state index in [2.05, 4.69) is 19.2 Å². The second-order valence-corrected chi connectivity index (χ2v) is 4.41. The monoisotopic (exact) mass is 337 g/mol. The molecule has 1 heterocycles. The summed E-state index contributed by atoms with van der Waals surface area (Å²) in [6, 6.07) is 0. The second kappa shape index (κ2) is 3.99. The number of morpholine rings is 1. The van der Waals surface area contributed by atoms with E-state index in [-0.39, 0.29) is 12.5 Å². The van der Waals surface area contributed by atoms with Crippen molar-refractivity contribution < 1.29 is 28.9 Å². The van der Waals surface area contributed by atoms with E-state index >= 15 is 0 Å². The molecule has 4 heteroatoms. The van der Waals surface area contributed by atoms with Gasteiger partial charge in [0.25, 0.3) is 0 Å². The third kappa shape index (κ3) is 2.56. The topological polar surface area (TPSA) is 38.3 Å². The van der Waals surface area contributed by atoms with Crippen LogP contribution in [0.25, 0.3) is 0 Å². The maximum absolute atomic E-state index is 10.8. The van der Waals surface area contributed by atoms with Gasteiger partial charge in [0.1, 0.15) is 0 Å². The summed E-state index contributed by atoms with van der Waals surface area (Å²) in [6.07, 6.45) is 2.02. The Bertz CT molecular complexity index is 245. The Morgan fingerprint density at radius 3 is 2.83 bits per heavy atom. The minimum atomic E-state index is -0.0547. The molecule has 66 valence electrons. The zero-order chi connectivity index (χ0) is 9.14. The summed E-state index contributed by atoms with van der Waals surface area (Å²) < 4.78 is 6.14. The molecule has 0 spiro atoms.